The lowest BCUT2D eigenvalue weighted by atomic mass is 10.3. The van der Waals surface area contributed by atoms with Crippen LogP contribution in [0, 0.1) is 0 Å². The molecule has 0 aromatic carbocycles. The molecule has 1 aromatic heterocycles. The first-order chi connectivity index (χ1) is 6.79. The molecule has 4 heteroatoms. The van der Waals surface area contributed by atoms with E-state index in [4.69, 9.17) is 0 Å². The first kappa shape index (κ1) is 11.3. The van der Waals surface area contributed by atoms with Crippen LogP contribution in [0.15, 0.2) is 24.4 Å². The Kier molecular flexibility index (Phi) is 5.40. The summed E-state index contributed by atoms with van der Waals surface area (Å²) >= 11 is 0. The van der Waals surface area contributed by atoms with Gasteiger partial charge in [-0.2, -0.15) is 0 Å². The number of nitrogens with one attached hydrogen (secondary N) is 1. The van der Waals surface area contributed by atoms with E-state index >= 15 is 0 Å². The van der Waals surface area contributed by atoms with Crippen LogP contribution in [0.1, 0.15) is 12.1 Å². The van der Waals surface area contributed by atoms with Crippen molar-refractivity contribution in [1.82, 2.24) is 10.3 Å². The molecule has 14 heavy (non-hydrogen) atoms. The Hall–Kier alpha value is -0.740. The minimum absolute atomic E-state index is 0.669. The molecule has 0 spiro atoms. The average molecular weight is 212 g/mol. The average Bonchev–Trinajstić information content (AvgIpc) is 2.18. The van der Waals surface area contributed by atoms with Gasteiger partial charge in [0.05, 0.1) is 5.69 Å². The highest BCUT2D eigenvalue weighted by atomic mass is 32.2. The predicted molar refractivity (Wildman–Crippen MR) is 59.5 cm³/mol. The molecule has 1 heterocycles. The van der Waals surface area contributed by atoms with Crippen molar-refractivity contribution in [2.75, 3.05) is 18.6 Å². The Labute approximate surface area is 87.4 Å². The molecule has 0 radical (unpaired) electrons. The van der Waals surface area contributed by atoms with Crippen molar-refractivity contribution in [1.29, 1.82) is 0 Å². The maximum atomic E-state index is 10.7. The van der Waals surface area contributed by atoms with Crippen LogP contribution in [0.4, 0.5) is 0 Å². The van der Waals surface area contributed by atoms with E-state index in [2.05, 4.69) is 10.3 Å². The van der Waals surface area contributed by atoms with E-state index < -0.39 is 10.8 Å². The lowest BCUT2D eigenvalue weighted by molar-refractivity contribution is 0.655. The van der Waals surface area contributed by atoms with Crippen LogP contribution in [0.2, 0.25) is 0 Å². The Morgan fingerprint density at radius 2 is 2.36 bits per heavy atom. The molecule has 1 rings (SSSR count). The van der Waals surface area contributed by atoms with Gasteiger partial charge in [0.2, 0.25) is 0 Å². The van der Waals surface area contributed by atoms with Crippen molar-refractivity contribution < 1.29 is 4.21 Å². The van der Waals surface area contributed by atoms with E-state index in [1.165, 1.54) is 0 Å². The van der Waals surface area contributed by atoms with Gasteiger partial charge in [-0.25, -0.2) is 0 Å². The Morgan fingerprint density at radius 1 is 1.50 bits per heavy atom. The Balaban J connectivity index is 2.08. The third-order valence-electron chi connectivity index (χ3n) is 1.82. The van der Waals surface area contributed by atoms with E-state index in [-0.39, 0.29) is 0 Å². The van der Waals surface area contributed by atoms with E-state index in [0.717, 1.165) is 31.0 Å². The molecule has 78 valence electrons. The Morgan fingerprint density at radius 3 is 3.00 bits per heavy atom. The summed E-state index contributed by atoms with van der Waals surface area (Å²) in [5.74, 6) is 0.773. The van der Waals surface area contributed by atoms with Gasteiger partial charge in [-0.3, -0.25) is 9.19 Å². The number of hydrogen-bond acceptors (Lipinski definition) is 3. The van der Waals surface area contributed by atoms with E-state index in [0.29, 0.717) is 0 Å². The monoisotopic (exact) mass is 212 g/mol. The second-order valence-electron chi connectivity index (χ2n) is 3.13. The van der Waals surface area contributed by atoms with Gasteiger partial charge >= 0.3 is 0 Å². The van der Waals surface area contributed by atoms with Crippen LogP contribution >= 0.6 is 0 Å². The van der Waals surface area contributed by atoms with Crippen LogP contribution in [-0.4, -0.2) is 27.7 Å². The minimum Gasteiger partial charge on any atom is -0.311 e. The minimum atomic E-state index is -0.669. The van der Waals surface area contributed by atoms with Crippen molar-refractivity contribution in [2.24, 2.45) is 0 Å². The maximum Gasteiger partial charge on any atom is 0.0541 e. The van der Waals surface area contributed by atoms with Gasteiger partial charge in [0.25, 0.3) is 0 Å². The van der Waals surface area contributed by atoms with Crippen LogP contribution in [-0.2, 0) is 17.3 Å². The number of pyridine rings is 1. The number of rotatable bonds is 6. The van der Waals surface area contributed by atoms with Gasteiger partial charge in [-0.1, -0.05) is 6.07 Å². The quantitative estimate of drug-likeness (QED) is 0.714. The number of hydrogen-bond donors (Lipinski definition) is 1. The molecule has 1 atom stereocenters. The molecule has 0 saturated carbocycles. The van der Waals surface area contributed by atoms with E-state index in [9.17, 15) is 4.21 Å². The normalized spacial score (nSPS) is 12.6. The SMILES string of the molecule is CS(=O)CCCNCc1ccccn1. The van der Waals surface area contributed by atoms with Crippen molar-refractivity contribution in [3.8, 4) is 0 Å². The summed E-state index contributed by atoms with van der Waals surface area (Å²) in [6, 6.07) is 5.87. The smallest absolute Gasteiger partial charge is 0.0541 e. The van der Waals surface area contributed by atoms with Crippen molar-refractivity contribution in [3.63, 3.8) is 0 Å². The first-order valence-electron chi connectivity index (χ1n) is 4.69. The second-order valence-corrected chi connectivity index (χ2v) is 4.68. The summed E-state index contributed by atoms with van der Waals surface area (Å²) in [5.41, 5.74) is 1.05. The zero-order chi connectivity index (χ0) is 10.2. The van der Waals surface area contributed by atoms with Crippen LogP contribution in [0.25, 0.3) is 0 Å². The molecule has 1 unspecified atom stereocenters. The maximum absolute atomic E-state index is 10.7. The summed E-state index contributed by atoms with van der Waals surface area (Å²) in [6.45, 7) is 1.69. The van der Waals surface area contributed by atoms with Gasteiger partial charge in [-0.05, 0) is 25.1 Å². The summed E-state index contributed by atoms with van der Waals surface area (Å²) in [7, 11) is -0.669. The first-order valence-corrected chi connectivity index (χ1v) is 6.42. The highest BCUT2D eigenvalue weighted by Crippen LogP contribution is 1.92. The molecule has 1 N–H and O–H groups in total. The number of aromatic nitrogens is 1. The molecule has 0 saturated heterocycles. The van der Waals surface area contributed by atoms with Gasteiger partial charge in [-0.15, -0.1) is 0 Å². The summed E-state index contributed by atoms with van der Waals surface area (Å²) in [5, 5.41) is 3.26. The summed E-state index contributed by atoms with van der Waals surface area (Å²) in [4.78, 5) is 4.19. The van der Waals surface area contributed by atoms with Gasteiger partial charge in [0, 0.05) is 35.5 Å². The molecule has 0 fully saturated rings. The van der Waals surface area contributed by atoms with Gasteiger partial charge in [0.15, 0.2) is 0 Å². The van der Waals surface area contributed by atoms with E-state index in [1.807, 2.05) is 18.2 Å². The molecule has 0 aliphatic carbocycles. The lowest BCUT2D eigenvalue weighted by Gasteiger charge is -2.02. The molecular formula is C10H16N2OS. The molecule has 0 bridgehead atoms. The topological polar surface area (TPSA) is 42.0 Å². The largest absolute Gasteiger partial charge is 0.311 e. The third-order valence-corrected chi connectivity index (χ3v) is 2.68. The van der Waals surface area contributed by atoms with Crippen LogP contribution < -0.4 is 5.32 Å². The van der Waals surface area contributed by atoms with Gasteiger partial charge in [0.1, 0.15) is 0 Å². The Bertz CT molecular complexity index is 277. The fourth-order valence-corrected chi connectivity index (χ4v) is 1.67. The zero-order valence-corrected chi connectivity index (χ0v) is 9.22. The standard InChI is InChI=1S/C10H16N2OS/c1-14(13)8-4-6-11-9-10-5-2-3-7-12-10/h2-3,5,7,11H,4,6,8-9H2,1H3. The summed E-state index contributed by atoms with van der Waals surface area (Å²) < 4.78 is 10.7. The molecule has 3 nitrogen and oxygen atoms in total. The molecule has 0 aliphatic rings. The predicted octanol–water partition coefficient (Wildman–Crippen LogP) is 0.940. The molecule has 1 aromatic rings. The lowest BCUT2D eigenvalue weighted by Crippen LogP contribution is -2.17. The van der Waals surface area contributed by atoms with E-state index in [1.54, 1.807) is 12.5 Å². The fourth-order valence-electron chi connectivity index (χ4n) is 1.12. The van der Waals surface area contributed by atoms with Crippen LogP contribution in [0.5, 0.6) is 0 Å². The fraction of sp³-hybridized carbons (Fsp3) is 0.500. The second kappa shape index (κ2) is 6.68. The van der Waals surface area contributed by atoms with Crippen molar-refractivity contribution in [2.45, 2.75) is 13.0 Å². The molecular weight excluding hydrogens is 196 g/mol. The van der Waals surface area contributed by atoms with Crippen molar-refractivity contribution >= 4 is 10.8 Å². The van der Waals surface area contributed by atoms with Crippen molar-refractivity contribution in [3.05, 3.63) is 30.1 Å². The third kappa shape index (κ3) is 5.09. The van der Waals surface area contributed by atoms with Crippen LogP contribution in [0.3, 0.4) is 0 Å². The summed E-state index contributed by atoms with van der Waals surface area (Å²) in [6.07, 6.45) is 4.48. The molecule has 0 amide bonds. The highest BCUT2D eigenvalue weighted by molar-refractivity contribution is 7.84. The molecule has 0 aliphatic heterocycles. The number of nitrogens with zero attached hydrogens (tertiary/aromatic N) is 1. The van der Waals surface area contributed by atoms with Gasteiger partial charge < -0.3 is 5.32 Å². The zero-order valence-electron chi connectivity index (χ0n) is 8.40. The highest BCUT2D eigenvalue weighted by Gasteiger charge is 1.93.